The molecule has 0 aliphatic rings. The minimum Gasteiger partial charge on any atom is -0.388 e. The molecule has 2 aromatic rings. The third-order valence-corrected chi connectivity index (χ3v) is 4.09. The molecule has 1 aromatic heterocycles. The normalized spacial score (nSPS) is 12.6. The number of aryl methyl sites for hydroxylation is 1. The number of hydrogen-bond donors (Lipinski definition) is 1. The zero-order valence-corrected chi connectivity index (χ0v) is 11.4. The fourth-order valence-corrected chi connectivity index (χ4v) is 2.63. The van der Waals surface area contributed by atoms with Gasteiger partial charge in [-0.15, -0.1) is 0 Å². The Labute approximate surface area is 115 Å². The van der Waals surface area contributed by atoms with Gasteiger partial charge >= 0.3 is 0 Å². The van der Waals surface area contributed by atoms with Crippen molar-refractivity contribution in [1.29, 1.82) is 0 Å². The molecule has 1 unspecified atom stereocenters. The molecule has 0 fully saturated rings. The summed E-state index contributed by atoms with van der Waals surface area (Å²) in [4.78, 5) is 0. The Hall–Kier alpha value is -0.540. The molecule has 0 saturated carbocycles. The Bertz CT molecular complexity index is 482. The van der Waals surface area contributed by atoms with Crippen LogP contribution in [0.25, 0.3) is 0 Å². The van der Waals surface area contributed by atoms with E-state index in [2.05, 4.69) is 11.4 Å². The summed E-state index contributed by atoms with van der Waals surface area (Å²) < 4.78 is 0. The largest absolute Gasteiger partial charge is 0.388 e. The van der Waals surface area contributed by atoms with E-state index in [1.165, 1.54) is 5.56 Å². The maximum absolute atomic E-state index is 10.0. The van der Waals surface area contributed by atoms with Crippen LogP contribution in [0.15, 0.2) is 35.0 Å². The second-order valence-electron chi connectivity index (χ2n) is 3.86. The molecule has 0 bridgehead atoms. The van der Waals surface area contributed by atoms with Crippen LogP contribution < -0.4 is 0 Å². The first-order valence-corrected chi connectivity index (χ1v) is 7.01. The first kappa shape index (κ1) is 12.9. The van der Waals surface area contributed by atoms with Crippen LogP contribution in [0.4, 0.5) is 0 Å². The quantitative estimate of drug-likeness (QED) is 0.862. The fourth-order valence-electron chi connectivity index (χ4n) is 1.62. The van der Waals surface area contributed by atoms with Crippen molar-refractivity contribution in [3.05, 3.63) is 56.2 Å². The molecule has 1 aromatic carbocycles. The van der Waals surface area contributed by atoms with Gasteiger partial charge < -0.3 is 5.11 Å². The maximum atomic E-state index is 10.0. The minimum atomic E-state index is -0.496. The van der Waals surface area contributed by atoms with Gasteiger partial charge in [-0.3, -0.25) is 0 Å². The molecule has 1 N–H and O–H groups in total. The lowest BCUT2D eigenvalue weighted by atomic mass is 10.0. The van der Waals surface area contributed by atoms with Crippen LogP contribution in [0.3, 0.4) is 0 Å². The van der Waals surface area contributed by atoms with Crippen molar-refractivity contribution in [3.8, 4) is 0 Å². The summed E-state index contributed by atoms with van der Waals surface area (Å²) in [5.41, 5.74) is 2.07. The topological polar surface area (TPSA) is 20.2 Å². The number of aliphatic hydroxyl groups excluding tert-OH is 1. The SMILES string of the molecule is OC(CCc1ccsc1)c1ccc(Cl)c(Cl)c1. The van der Waals surface area contributed by atoms with Crippen molar-refractivity contribution in [2.45, 2.75) is 18.9 Å². The number of aliphatic hydroxyl groups is 1. The number of benzene rings is 1. The van der Waals surface area contributed by atoms with E-state index in [9.17, 15) is 5.11 Å². The Morgan fingerprint density at radius 3 is 2.65 bits per heavy atom. The van der Waals surface area contributed by atoms with E-state index in [-0.39, 0.29) is 0 Å². The summed E-state index contributed by atoms with van der Waals surface area (Å²) in [5, 5.41) is 15.2. The highest BCUT2D eigenvalue weighted by atomic mass is 35.5. The highest BCUT2D eigenvalue weighted by Crippen LogP contribution is 2.27. The van der Waals surface area contributed by atoms with Gasteiger partial charge in [-0.2, -0.15) is 11.3 Å². The van der Waals surface area contributed by atoms with E-state index in [1.54, 1.807) is 23.5 Å². The number of rotatable bonds is 4. The molecular formula is C13H12Cl2OS. The molecule has 0 saturated heterocycles. The molecule has 0 radical (unpaired) electrons. The lowest BCUT2D eigenvalue weighted by Gasteiger charge is -2.11. The van der Waals surface area contributed by atoms with Crippen LogP contribution in [-0.2, 0) is 6.42 Å². The molecule has 1 heterocycles. The number of thiophene rings is 1. The van der Waals surface area contributed by atoms with Crippen molar-refractivity contribution >= 4 is 34.5 Å². The minimum absolute atomic E-state index is 0.485. The van der Waals surface area contributed by atoms with E-state index in [4.69, 9.17) is 23.2 Å². The van der Waals surface area contributed by atoms with Crippen molar-refractivity contribution in [3.63, 3.8) is 0 Å². The van der Waals surface area contributed by atoms with Gasteiger partial charge in [0.2, 0.25) is 0 Å². The lowest BCUT2D eigenvalue weighted by molar-refractivity contribution is 0.168. The van der Waals surface area contributed by atoms with Gasteiger partial charge in [-0.05, 0) is 52.9 Å². The zero-order valence-electron chi connectivity index (χ0n) is 9.07. The molecule has 0 aliphatic heterocycles. The van der Waals surface area contributed by atoms with Crippen LogP contribution >= 0.6 is 34.5 Å². The van der Waals surface area contributed by atoms with Gasteiger partial charge in [0, 0.05) is 0 Å². The average molecular weight is 287 g/mol. The van der Waals surface area contributed by atoms with E-state index in [0.29, 0.717) is 16.5 Å². The molecule has 1 nitrogen and oxygen atoms in total. The van der Waals surface area contributed by atoms with E-state index in [0.717, 1.165) is 12.0 Å². The molecular weight excluding hydrogens is 275 g/mol. The number of halogens is 2. The summed E-state index contributed by atoms with van der Waals surface area (Å²) in [6.07, 6.45) is 1.06. The van der Waals surface area contributed by atoms with E-state index >= 15 is 0 Å². The summed E-state index contributed by atoms with van der Waals surface area (Å²) in [6, 6.07) is 7.33. The zero-order chi connectivity index (χ0) is 12.3. The molecule has 0 spiro atoms. The second kappa shape index (κ2) is 5.87. The third kappa shape index (κ3) is 3.46. The van der Waals surface area contributed by atoms with Gasteiger partial charge in [0.1, 0.15) is 0 Å². The van der Waals surface area contributed by atoms with Crippen LogP contribution in [0.2, 0.25) is 10.0 Å². The van der Waals surface area contributed by atoms with Crippen LogP contribution in [0.1, 0.15) is 23.7 Å². The van der Waals surface area contributed by atoms with Gasteiger partial charge in [0.05, 0.1) is 16.1 Å². The van der Waals surface area contributed by atoms with E-state index in [1.807, 2.05) is 11.4 Å². The lowest BCUT2D eigenvalue weighted by Crippen LogP contribution is -1.99. The van der Waals surface area contributed by atoms with Gasteiger partial charge in [0.15, 0.2) is 0 Å². The predicted molar refractivity (Wildman–Crippen MR) is 74.1 cm³/mol. The molecule has 0 amide bonds. The van der Waals surface area contributed by atoms with Crippen molar-refractivity contribution in [1.82, 2.24) is 0 Å². The van der Waals surface area contributed by atoms with Crippen molar-refractivity contribution in [2.75, 3.05) is 0 Å². The third-order valence-electron chi connectivity index (χ3n) is 2.61. The maximum Gasteiger partial charge on any atom is 0.0793 e. The van der Waals surface area contributed by atoms with Gasteiger partial charge in [0.25, 0.3) is 0 Å². The molecule has 17 heavy (non-hydrogen) atoms. The standard InChI is InChI=1S/C13H12Cl2OS/c14-11-3-2-10(7-12(11)15)13(16)4-1-9-5-6-17-8-9/h2-3,5-8,13,16H,1,4H2. The molecule has 1 atom stereocenters. The molecule has 0 aliphatic carbocycles. The Kier molecular flexibility index (Phi) is 4.46. The van der Waals surface area contributed by atoms with Gasteiger partial charge in [-0.25, -0.2) is 0 Å². The molecule has 90 valence electrons. The molecule has 4 heteroatoms. The highest BCUT2D eigenvalue weighted by Gasteiger charge is 2.09. The first-order chi connectivity index (χ1) is 8.16. The van der Waals surface area contributed by atoms with Crippen molar-refractivity contribution < 1.29 is 5.11 Å². The highest BCUT2D eigenvalue weighted by molar-refractivity contribution is 7.07. The first-order valence-electron chi connectivity index (χ1n) is 5.31. The number of hydrogen-bond acceptors (Lipinski definition) is 2. The smallest absolute Gasteiger partial charge is 0.0793 e. The Balaban J connectivity index is 1.99. The van der Waals surface area contributed by atoms with Gasteiger partial charge in [-0.1, -0.05) is 29.3 Å². The second-order valence-corrected chi connectivity index (χ2v) is 5.45. The Morgan fingerprint density at radius 2 is 2.00 bits per heavy atom. The van der Waals surface area contributed by atoms with E-state index < -0.39 is 6.10 Å². The predicted octanol–water partition coefficient (Wildman–Crippen LogP) is 4.72. The van der Waals surface area contributed by atoms with Crippen LogP contribution in [-0.4, -0.2) is 5.11 Å². The van der Waals surface area contributed by atoms with Crippen LogP contribution in [0, 0.1) is 0 Å². The summed E-state index contributed by atoms with van der Waals surface area (Å²) in [7, 11) is 0. The monoisotopic (exact) mass is 286 g/mol. The average Bonchev–Trinajstić information content (AvgIpc) is 2.82. The van der Waals surface area contributed by atoms with Crippen LogP contribution in [0.5, 0.6) is 0 Å². The Morgan fingerprint density at radius 1 is 1.18 bits per heavy atom. The summed E-state index contributed by atoms with van der Waals surface area (Å²) in [6.45, 7) is 0. The fraction of sp³-hybridized carbons (Fsp3) is 0.231. The van der Waals surface area contributed by atoms with Crippen molar-refractivity contribution in [2.24, 2.45) is 0 Å². The summed E-state index contributed by atoms with van der Waals surface area (Å²) in [5.74, 6) is 0. The summed E-state index contributed by atoms with van der Waals surface area (Å²) >= 11 is 13.4. The molecule has 2 rings (SSSR count).